The van der Waals surface area contributed by atoms with Crippen LogP contribution in [0.5, 0.6) is 0 Å². The number of pyridine rings is 1. The Morgan fingerprint density at radius 3 is 2.95 bits per heavy atom. The van der Waals surface area contributed by atoms with E-state index in [1.54, 1.807) is 24.2 Å². The van der Waals surface area contributed by atoms with Crippen molar-refractivity contribution in [3.8, 4) is 0 Å². The Morgan fingerprint density at radius 2 is 2.16 bits per heavy atom. The molecule has 0 aromatic carbocycles. The van der Waals surface area contributed by atoms with E-state index in [4.69, 9.17) is 9.84 Å². The second-order valence-corrected chi connectivity index (χ2v) is 4.91. The molecule has 0 amide bonds. The van der Waals surface area contributed by atoms with Crippen molar-refractivity contribution >= 4 is 11.8 Å². The topological polar surface area (TPSA) is 60.2 Å². The lowest BCUT2D eigenvalue weighted by Crippen LogP contribution is -2.05. The molecule has 0 saturated carbocycles. The first-order valence-electron chi connectivity index (χ1n) is 6.12. The van der Waals surface area contributed by atoms with E-state index in [0.717, 1.165) is 23.1 Å². The molecule has 0 bridgehead atoms. The lowest BCUT2D eigenvalue weighted by molar-refractivity contribution is 0.103. The van der Waals surface area contributed by atoms with Gasteiger partial charge in [0.25, 0.3) is 0 Å². The molecule has 0 unspecified atom stereocenters. The molecule has 0 fully saturated rings. The summed E-state index contributed by atoms with van der Waals surface area (Å²) in [5.41, 5.74) is 1.01. The molecule has 0 aliphatic rings. The van der Waals surface area contributed by atoms with Crippen LogP contribution in [0.1, 0.15) is 5.69 Å². The van der Waals surface area contributed by atoms with Gasteiger partial charge in [-0.15, -0.1) is 0 Å². The zero-order chi connectivity index (χ0) is 13.3. The molecule has 0 atom stereocenters. The number of nitrogens with zero attached hydrogens (tertiary/aromatic N) is 3. The summed E-state index contributed by atoms with van der Waals surface area (Å²) in [6.07, 6.45) is 5.53. The summed E-state index contributed by atoms with van der Waals surface area (Å²) in [6, 6.07) is 5.89. The smallest absolute Gasteiger partial charge is 0.168 e. The van der Waals surface area contributed by atoms with Gasteiger partial charge in [0.15, 0.2) is 5.16 Å². The van der Waals surface area contributed by atoms with Gasteiger partial charge < -0.3 is 14.4 Å². The lowest BCUT2D eigenvalue weighted by Gasteiger charge is -2.07. The van der Waals surface area contributed by atoms with Gasteiger partial charge >= 0.3 is 0 Å². The van der Waals surface area contributed by atoms with E-state index in [9.17, 15) is 0 Å². The highest BCUT2D eigenvalue weighted by Gasteiger charge is 2.04. The molecule has 0 saturated heterocycles. The maximum atomic E-state index is 8.60. The number of imidazole rings is 1. The molecule has 0 spiro atoms. The molecule has 0 radical (unpaired) electrons. The van der Waals surface area contributed by atoms with E-state index in [2.05, 4.69) is 14.5 Å². The Hall–Kier alpha value is -1.37. The summed E-state index contributed by atoms with van der Waals surface area (Å²) in [5, 5.41) is 9.56. The average Bonchev–Trinajstić information content (AvgIpc) is 2.87. The molecule has 102 valence electrons. The number of hydrogen-bond acceptors (Lipinski definition) is 5. The van der Waals surface area contributed by atoms with Crippen molar-refractivity contribution in [3.63, 3.8) is 0 Å². The molecule has 2 aromatic heterocycles. The number of aromatic nitrogens is 3. The Balaban J connectivity index is 1.84. The number of aliphatic hydroxyl groups is 1. The van der Waals surface area contributed by atoms with Crippen LogP contribution in [0, 0.1) is 0 Å². The van der Waals surface area contributed by atoms with E-state index < -0.39 is 0 Å². The average molecular weight is 279 g/mol. The molecule has 2 heterocycles. The van der Waals surface area contributed by atoms with Gasteiger partial charge in [0.2, 0.25) is 0 Å². The van der Waals surface area contributed by atoms with E-state index in [-0.39, 0.29) is 6.61 Å². The molecule has 1 N–H and O–H groups in total. The van der Waals surface area contributed by atoms with Gasteiger partial charge in [-0.1, -0.05) is 17.8 Å². The highest BCUT2D eigenvalue weighted by molar-refractivity contribution is 7.99. The molecule has 6 heteroatoms. The first kappa shape index (κ1) is 14.0. The summed E-state index contributed by atoms with van der Waals surface area (Å²) in [7, 11) is 0. The van der Waals surface area contributed by atoms with Crippen molar-refractivity contribution in [2.45, 2.75) is 11.7 Å². The van der Waals surface area contributed by atoms with Crippen LogP contribution in [0.2, 0.25) is 0 Å². The summed E-state index contributed by atoms with van der Waals surface area (Å²) in [4.78, 5) is 8.63. The number of hydrogen-bond donors (Lipinski definition) is 1. The third-order valence-electron chi connectivity index (χ3n) is 2.43. The molecular weight excluding hydrogens is 262 g/mol. The van der Waals surface area contributed by atoms with Gasteiger partial charge in [-0.05, 0) is 12.1 Å². The highest BCUT2D eigenvalue weighted by Crippen LogP contribution is 2.16. The maximum Gasteiger partial charge on any atom is 0.168 e. The lowest BCUT2D eigenvalue weighted by atomic mass is 10.3. The minimum atomic E-state index is 0.0684. The summed E-state index contributed by atoms with van der Waals surface area (Å²) in [5.74, 6) is 0.819. The minimum Gasteiger partial charge on any atom is -0.394 e. The van der Waals surface area contributed by atoms with Crippen LogP contribution in [-0.4, -0.2) is 45.2 Å². The number of rotatable bonds is 8. The van der Waals surface area contributed by atoms with Crippen LogP contribution in [0.25, 0.3) is 0 Å². The van der Waals surface area contributed by atoms with E-state index in [0.29, 0.717) is 13.2 Å². The molecule has 2 aromatic rings. The van der Waals surface area contributed by atoms with Gasteiger partial charge in [-0.3, -0.25) is 4.98 Å². The van der Waals surface area contributed by atoms with Crippen LogP contribution in [0.15, 0.2) is 41.9 Å². The van der Waals surface area contributed by atoms with Gasteiger partial charge in [-0.25, -0.2) is 4.98 Å². The molecule has 2 rings (SSSR count). The van der Waals surface area contributed by atoms with Crippen molar-refractivity contribution in [2.24, 2.45) is 0 Å². The van der Waals surface area contributed by atoms with Crippen molar-refractivity contribution in [2.75, 3.05) is 25.6 Å². The molecule has 5 nitrogen and oxygen atoms in total. The molecule has 0 aliphatic carbocycles. The Kier molecular flexibility index (Phi) is 5.87. The van der Waals surface area contributed by atoms with Crippen LogP contribution in [-0.2, 0) is 11.3 Å². The van der Waals surface area contributed by atoms with Crippen LogP contribution < -0.4 is 0 Å². The standard InChI is InChI=1S/C13H17N3O2S/c17-7-8-18-9-10-19-13-15-5-6-16(13)11-12-3-1-2-4-14-12/h1-6,17H,7-11H2. The van der Waals surface area contributed by atoms with Crippen LogP contribution in [0.4, 0.5) is 0 Å². The van der Waals surface area contributed by atoms with Gasteiger partial charge in [0.05, 0.1) is 32.1 Å². The predicted molar refractivity (Wildman–Crippen MR) is 74.2 cm³/mol. The van der Waals surface area contributed by atoms with Crippen molar-refractivity contribution in [1.82, 2.24) is 14.5 Å². The summed E-state index contributed by atoms with van der Waals surface area (Å²) in [6.45, 7) is 1.80. The number of thioether (sulfide) groups is 1. The zero-order valence-corrected chi connectivity index (χ0v) is 11.4. The SMILES string of the molecule is OCCOCCSc1nccn1Cc1ccccn1. The van der Waals surface area contributed by atoms with Crippen LogP contribution >= 0.6 is 11.8 Å². The second kappa shape index (κ2) is 7.93. The first-order chi connectivity index (χ1) is 9.40. The normalized spacial score (nSPS) is 10.8. The predicted octanol–water partition coefficient (Wildman–Crippen LogP) is 1.43. The van der Waals surface area contributed by atoms with Crippen molar-refractivity contribution < 1.29 is 9.84 Å². The molecular formula is C13H17N3O2S. The maximum absolute atomic E-state index is 8.60. The van der Waals surface area contributed by atoms with Crippen LogP contribution in [0.3, 0.4) is 0 Å². The fraction of sp³-hybridized carbons (Fsp3) is 0.385. The largest absolute Gasteiger partial charge is 0.394 e. The Morgan fingerprint density at radius 1 is 1.21 bits per heavy atom. The zero-order valence-electron chi connectivity index (χ0n) is 10.6. The van der Waals surface area contributed by atoms with Gasteiger partial charge in [0, 0.05) is 24.3 Å². The summed E-state index contributed by atoms with van der Waals surface area (Å²) < 4.78 is 7.29. The monoisotopic (exact) mass is 279 g/mol. The van der Waals surface area contributed by atoms with Gasteiger partial charge in [0.1, 0.15) is 0 Å². The van der Waals surface area contributed by atoms with E-state index in [1.807, 2.05) is 24.4 Å². The highest BCUT2D eigenvalue weighted by atomic mass is 32.2. The molecule has 19 heavy (non-hydrogen) atoms. The van der Waals surface area contributed by atoms with Crippen molar-refractivity contribution in [1.29, 1.82) is 0 Å². The number of aliphatic hydroxyl groups excluding tert-OH is 1. The minimum absolute atomic E-state index is 0.0684. The van der Waals surface area contributed by atoms with E-state index >= 15 is 0 Å². The third-order valence-corrected chi connectivity index (χ3v) is 3.40. The fourth-order valence-electron chi connectivity index (χ4n) is 1.58. The van der Waals surface area contributed by atoms with E-state index in [1.165, 1.54) is 0 Å². The quantitative estimate of drug-likeness (QED) is 0.585. The number of ether oxygens (including phenoxy) is 1. The first-order valence-corrected chi connectivity index (χ1v) is 7.11. The second-order valence-electron chi connectivity index (χ2n) is 3.84. The van der Waals surface area contributed by atoms with Gasteiger partial charge in [-0.2, -0.15) is 0 Å². The molecule has 0 aliphatic heterocycles. The Labute approximate surface area is 116 Å². The van der Waals surface area contributed by atoms with Crippen molar-refractivity contribution in [3.05, 3.63) is 42.5 Å². The Bertz CT molecular complexity index is 476. The summed E-state index contributed by atoms with van der Waals surface area (Å²) >= 11 is 1.64. The third kappa shape index (κ3) is 4.66. The fourth-order valence-corrected chi connectivity index (χ4v) is 2.39.